The maximum Gasteiger partial charge on any atom is 0.0388 e. The molecule has 0 spiro atoms. The third kappa shape index (κ3) is 2.08. The van der Waals surface area contributed by atoms with Crippen LogP contribution in [0.1, 0.15) is 48.2 Å². The molecule has 1 aromatic rings. The second-order valence-electron chi connectivity index (χ2n) is 5.09. The lowest BCUT2D eigenvalue weighted by Crippen LogP contribution is -2.21. The second kappa shape index (κ2) is 4.44. The first-order chi connectivity index (χ1) is 7.11. The predicted octanol–water partition coefficient (Wildman–Crippen LogP) is 4.94. The summed E-state index contributed by atoms with van der Waals surface area (Å²) >= 11 is 2.61. The molecule has 0 nitrogen and oxygen atoms in total. The quantitative estimate of drug-likeness (QED) is 0.509. The number of rotatable bonds is 1. The Morgan fingerprint density at radius 2 is 1.80 bits per heavy atom. The van der Waals surface area contributed by atoms with Gasteiger partial charge in [0.25, 0.3) is 0 Å². The monoisotopic (exact) mass is 314 g/mol. The van der Waals surface area contributed by atoms with E-state index in [1.165, 1.54) is 6.42 Å². The van der Waals surface area contributed by atoms with Crippen LogP contribution in [-0.4, -0.2) is 0 Å². The molecule has 3 atom stereocenters. The van der Waals surface area contributed by atoms with E-state index in [0.717, 1.165) is 17.8 Å². The molecule has 1 heteroatoms. The SMILES string of the molecule is CC(C)C1CC(C)C(I)c2ccccc21. The van der Waals surface area contributed by atoms with Gasteiger partial charge in [-0.05, 0) is 35.3 Å². The largest absolute Gasteiger partial charge is 0.0771 e. The Morgan fingerprint density at radius 1 is 1.20 bits per heavy atom. The summed E-state index contributed by atoms with van der Waals surface area (Å²) in [5.74, 6) is 2.34. The average molecular weight is 314 g/mol. The van der Waals surface area contributed by atoms with Crippen LogP contribution < -0.4 is 0 Å². The van der Waals surface area contributed by atoms with Gasteiger partial charge >= 0.3 is 0 Å². The van der Waals surface area contributed by atoms with E-state index in [2.05, 4.69) is 67.6 Å². The predicted molar refractivity (Wildman–Crippen MR) is 74.6 cm³/mol. The average Bonchev–Trinajstić information content (AvgIpc) is 2.23. The van der Waals surface area contributed by atoms with Crippen LogP contribution in [0, 0.1) is 11.8 Å². The minimum atomic E-state index is 0.703. The molecule has 0 radical (unpaired) electrons. The van der Waals surface area contributed by atoms with Crippen molar-refractivity contribution in [1.82, 2.24) is 0 Å². The van der Waals surface area contributed by atoms with Crippen LogP contribution in [0.25, 0.3) is 0 Å². The molecular formula is C14H19I. The molecule has 0 N–H and O–H groups in total. The molecule has 0 aromatic heterocycles. The maximum absolute atomic E-state index is 2.61. The van der Waals surface area contributed by atoms with Crippen molar-refractivity contribution in [2.75, 3.05) is 0 Å². The Kier molecular flexibility index (Phi) is 3.39. The lowest BCUT2D eigenvalue weighted by atomic mass is 9.73. The molecule has 0 bridgehead atoms. The van der Waals surface area contributed by atoms with Crippen molar-refractivity contribution in [1.29, 1.82) is 0 Å². The summed E-state index contributed by atoms with van der Waals surface area (Å²) in [6.07, 6.45) is 1.35. The highest BCUT2D eigenvalue weighted by molar-refractivity contribution is 14.1. The zero-order valence-electron chi connectivity index (χ0n) is 9.70. The lowest BCUT2D eigenvalue weighted by Gasteiger charge is -2.35. The van der Waals surface area contributed by atoms with E-state index in [1.54, 1.807) is 11.1 Å². The second-order valence-corrected chi connectivity index (χ2v) is 6.44. The first-order valence-corrected chi connectivity index (χ1v) is 7.08. The summed E-state index contributed by atoms with van der Waals surface area (Å²) in [5.41, 5.74) is 3.18. The smallest absolute Gasteiger partial charge is 0.0388 e. The van der Waals surface area contributed by atoms with Crippen LogP contribution >= 0.6 is 22.6 Å². The molecular weight excluding hydrogens is 295 g/mol. The molecule has 0 saturated carbocycles. The molecule has 3 unspecified atom stereocenters. The van der Waals surface area contributed by atoms with Crippen molar-refractivity contribution < 1.29 is 0 Å². The van der Waals surface area contributed by atoms with Crippen molar-refractivity contribution in [3.8, 4) is 0 Å². The molecule has 0 aliphatic heterocycles. The minimum Gasteiger partial charge on any atom is -0.0771 e. The van der Waals surface area contributed by atoms with Crippen LogP contribution in [0.2, 0.25) is 0 Å². The van der Waals surface area contributed by atoms with E-state index in [4.69, 9.17) is 0 Å². The highest BCUT2D eigenvalue weighted by Crippen LogP contribution is 2.48. The maximum atomic E-state index is 2.61. The summed E-state index contributed by atoms with van der Waals surface area (Å²) in [6, 6.07) is 9.02. The molecule has 0 fully saturated rings. The van der Waals surface area contributed by atoms with Gasteiger partial charge in [0.2, 0.25) is 0 Å². The standard InChI is InChI=1S/C14H19I/c1-9(2)13-8-10(3)14(15)12-7-5-4-6-11(12)13/h4-7,9-10,13-14H,8H2,1-3H3. The minimum absolute atomic E-state index is 0.703. The highest BCUT2D eigenvalue weighted by Gasteiger charge is 2.31. The van der Waals surface area contributed by atoms with Crippen LogP contribution in [0.5, 0.6) is 0 Å². The van der Waals surface area contributed by atoms with Gasteiger partial charge in [0.15, 0.2) is 0 Å². The fraction of sp³-hybridized carbons (Fsp3) is 0.571. The van der Waals surface area contributed by atoms with Gasteiger partial charge in [0.1, 0.15) is 0 Å². The first-order valence-electron chi connectivity index (χ1n) is 5.84. The summed E-state index contributed by atoms with van der Waals surface area (Å²) in [5, 5.41) is 0. The number of benzene rings is 1. The van der Waals surface area contributed by atoms with Crippen LogP contribution in [0.4, 0.5) is 0 Å². The van der Waals surface area contributed by atoms with E-state index < -0.39 is 0 Å². The zero-order valence-corrected chi connectivity index (χ0v) is 11.9. The fourth-order valence-corrected chi connectivity index (χ4v) is 3.55. The van der Waals surface area contributed by atoms with E-state index in [0.29, 0.717) is 3.92 Å². The van der Waals surface area contributed by atoms with Crippen molar-refractivity contribution in [2.24, 2.45) is 11.8 Å². The first kappa shape index (κ1) is 11.4. The van der Waals surface area contributed by atoms with Gasteiger partial charge in [-0.1, -0.05) is 67.6 Å². The van der Waals surface area contributed by atoms with Gasteiger partial charge in [0.05, 0.1) is 0 Å². The van der Waals surface area contributed by atoms with Crippen LogP contribution in [-0.2, 0) is 0 Å². The van der Waals surface area contributed by atoms with Crippen molar-refractivity contribution in [3.05, 3.63) is 35.4 Å². The topological polar surface area (TPSA) is 0 Å². The molecule has 1 aliphatic carbocycles. The van der Waals surface area contributed by atoms with Crippen molar-refractivity contribution in [3.63, 3.8) is 0 Å². The molecule has 0 saturated heterocycles. The molecule has 15 heavy (non-hydrogen) atoms. The summed E-state index contributed by atoms with van der Waals surface area (Å²) < 4.78 is 0.703. The summed E-state index contributed by atoms with van der Waals surface area (Å²) in [7, 11) is 0. The highest BCUT2D eigenvalue weighted by atomic mass is 127. The molecule has 2 rings (SSSR count). The number of hydrogen-bond donors (Lipinski definition) is 0. The van der Waals surface area contributed by atoms with Crippen molar-refractivity contribution >= 4 is 22.6 Å². The van der Waals surface area contributed by atoms with Gasteiger partial charge in [-0.3, -0.25) is 0 Å². The van der Waals surface area contributed by atoms with E-state index >= 15 is 0 Å². The summed E-state index contributed by atoms with van der Waals surface area (Å²) in [6.45, 7) is 7.09. The third-order valence-corrected chi connectivity index (χ3v) is 5.52. The molecule has 0 heterocycles. The number of hydrogen-bond acceptors (Lipinski definition) is 0. The molecule has 82 valence electrons. The van der Waals surface area contributed by atoms with Gasteiger partial charge in [-0.15, -0.1) is 0 Å². The van der Waals surface area contributed by atoms with Gasteiger partial charge in [0, 0.05) is 3.92 Å². The third-order valence-electron chi connectivity index (χ3n) is 3.62. The van der Waals surface area contributed by atoms with E-state index in [1.807, 2.05) is 0 Å². The molecule has 1 aliphatic rings. The van der Waals surface area contributed by atoms with E-state index in [-0.39, 0.29) is 0 Å². The zero-order chi connectivity index (χ0) is 11.0. The lowest BCUT2D eigenvalue weighted by molar-refractivity contribution is 0.365. The van der Waals surface area contributed by atoms with Crippen LogP contribution in [0.15, 0.2) is 24.3 Å². The Morgan fingerprint density at radius 3 is 2.40 bits per heavy atom. The Hall–Kier alpha value is -0.0500. The van der Waals surface area contributed by atoms with Gasteiger partial charge < -0.3 is 0 Å². The fourth-order valence-electron chi connectivity index (χ4n) is 2.68. The van der Waals surface area contributed by atoms with Crippen LogP contribution in [0.3, 0.4) is 0 Å². The summed E-state index contributed by atoms with van der Waals surface area (Å²) in [4.78, 5) is 0. The van der Waals surface area contributed by atoms with Crippen molar-refractivity contribution in [2.45, 2.75) is 37.0 Å². The number of alkyl halides is 1. The molecule has 0 amide bonds. The normalized spacial score (nSPS) is 30.3. The Bertz CT molecular complexity index is 343. The Labute approximate surface area is 107 Å². The molecule has 1 aromatic carbocycles. The van der Waals surface area contributed by atoms with E-state index in [9.17, 15) is 0 Å². The Balaban J connectivity index is 2.45. The number of halogens is 1. The number of fused-ring (bicyclic) bond motifs is 1. The van der Waals surface area contributed by atoms with Gasteiger partial charge in [-0.25, -0.2) is 0 Å². The van der Waals surface area contributed by atoms with Gasteiger partial charge in [-0.2, -0.15) is 0 Å².